The number of aliphatic hydroxyl groups is 1. The van der Waals surface area contributed by atoms with Crippen LogP contribution in [0.3, 0.4) is 0 Å². The summed E-state index contributed by atoms with van der Waals surface area (Å²) in [7, 11) is 0. The molecule has 3 atom stereocenters. The van der Waals surface area contributed by atoms with Gasteiger partial charge in [-0.25, -0.2) is 13.2 Å². The van der Waals surface area contributed by atoms with Gasteiger partial charge in [0.05, 0.1) is 11.2 Å². The average Bonchev–Trinajstić information content (AvgIpc) is 3.74. The number of pyridine rings is 1. The van der Waals surface area contributed by atoms with Crippen molar-refractivity contribution in [3.63, 3.8) is 0 Å². The number of carbonyl (C=O) groups is 1. The predicted molar refractivity (Wildman–Crippen MR) is 161 cm³/mol. The van der Waals surface area contributed by atoms with Crippen molar-refractivity contribution in [2.24, 2.45) is 0 Å². The minimum atomic E-state index is -0.948. The van der Waals surface area contributed by atoms with E-state index >= 15 is 4.39 Å². The Labute approximate surface area is 257 Å². The standard InChI is InChI=1S/C33H34F3N5O4/c1-2-22-25(35)5-4-18-10-21(43)11-23(27(18)22)30-28(36)31-24(13-37-30)29(19-6-9-40(14-19)26(44)16-42)38-32(39-31)45-17-33-7-3-8-41(33)15-20(34)12-33/h4-5,10-11,13,19-20,42-43H,2-3,6-9,12,14-17H2,1H3/t19?,20-,33+/m1/s1. The van der Waals surface area contributed by atoms with E-state index in [4.69, 9.17) is 9.72 Å². The molecule has 0 saturated carbocycles. The maximum absolute atomic E-state index is 16.7. The summed E-state index contributed by atoms with van der Waals surface area (Å²) in [6, 6.07) is 5.66. The molecule has 3 saturated heterocycles. The first-order valence-corrected chi connectivity index (χ1v) is 15.4. The number of likely N-dealkylation sites (tertiary alicyclic amines) is 1. The summed E-state index contributed by atoms with van der Waals surface area (Å²) >= 11 is 0. The van der Waals surface area contributed by atoms with Crippen LogP contribution in [0.5, 0.6) is 11.8 Å². The van der Waals surface area contributed by atoms with Crippen molar-refractivity contribution >= 4 is 27.6 Å². The Morgan fingerprint density at radius 2 is 2.02 bits per heavy atom. The van der Waals surface area contributed by atoms with E-state index < -0.39 is 35.9 Å². The van der Waals surface area contributed by atoms with Gasteiger partial charge in [0.15, 0.2) is 5.82 Å². The van der Waals surface area contributed by atoms with Crippen LogP contribution in [0.25, 0.3) is 32.9 Å². The third-order valence-electron chi connectivity index (χ3n) is 9.75. The smallest absolute Gasteiger partial charge is 0.317 e. The first kappa shape index (κ1) is 29.7. The number of fused-ring (bicyclic) bond motifs is 3. The summed E-state index contributed by atoms with van der Waals surface area (Å²) < 4.78 is 52.2. The third kappa shape index (κ3) is 5.04. The fourth-order valence-corrected chi connectivity index (χ4v) is 7.61. The molecule has 4 aromatic rings. The van der Waals surface area contributed by atoms with Crippen LogP contribution in [0, 0.1) is 11.6 Å². The molecule has 9 nitrogen and oxygen atoms in total. The molecule has 2 N–H and O–H groups in total. The fourth-order valence-electron chi connectivity index (χ4n) is 7.61. The molecule has 3 aliphatic heterocycles. The Kier molecular flexibility index (Phi) is 7.52. The van der Waals surface area contributed by atoms with Crippen LogP contribution in [-0.2, 0) is 11.2 Å². The number of hydrogen-bond donors (Lipinski definition) is 2. The largest absolute Gasteiger partial charge is 0.508 e. The molecule has 2 aromatic carbocycles. The van der Waals surface area contributed by atoms with E-state index in [1.165, 1.54) is 35.4 Å². The molecule has 3 aliphatic rings. The molecular formula is C33H34F3N5O4. The maximum Gasteiger partial charge on any atom is 0.317 e. The number of ether oxygens (including phenoxy) is 1. The van der Waals surface area contributed by atoms with Crippen LogP contribution >= 0.6 is 0 Å². The number of aromatic nitrogens is 3. The first-order valence-electron chi connectivity index (χ1n) is 15.4. The number of carbonyl (C=O) groups excluding carboxylic acids is 1. The monoisotopic (exact) mass is 621 g/mol. The number of phenols is 1. The summed E-state index contributed by atoms with van der Waals surface area (Å²) in [6.07, 6.45) is 3.43. The Morgan fingerprint density at radius 3 is 2.82 bits per heavy atom. The van der Waals surface area contributed by atoms with Gasteiger partial charge in [-0.2, -0.15) is 9.97 Å². The molecule has 1 amide bonds. The predicted octanol–water partition coefficient (Wildman–Crippen LogP) is 4.65. The van der Waals surface area contributed by atoms with Gasteiger partial charge in [-0.3, -0.25) is 14.7 Å². The number of aryl methyl sites for hydroxylation is 1. The lowest BCUT2D eigenvalue weighted by Gasteiger charge is -2.30. The molecule has 0 bridgehead atoms. The minimum Gasteiger partial charge on any atom is -0.508 e. The van der Waals surface area contributed by atoms with Crippen LogP contribution in [0.4, 0.5) is 13.2 Å². The first-order chi connectivity index (χ1) is 21.7. The zero-order valence-electron chi connectivity index (χ0n) is 24.9. The minimum absolute atomic E-state index is 0.0616. The second kappa shape index (κ2) is 11.4. The molecule has 3 fully saturated rings. The maximum atomic E-state index is 16.7. The lowest BCUT2D eigenvalue weighted by molar-refractivity contribution is -0.133. The number of amides is 1. The van der Waals surface area contributed by atoms with Crippen LogP contribution in [0.15, 0.2) is 30.5 Å². The highest BCUT2D eigenvalue weighted by Crippen LogP contribution is 2.42. The van der Waals surface area contributed by atoms with E-state index in [0.717, 1.165) is 19.4 Å². The number of halogens is 3. The van der Waals surface area contributed by atoms with E-state index in [-0.39, 0.29) is 47.6 Å². The summed E-state index contributed by atoms with van der Waals surface area (Å²) in [6.45, 7) is 3.14. The quantitative estimate of drug-likeness (QED) is 0.307. The highest BCUT2D eigenvalue weighted by molar-refractivity contribution is 6.01. The van der Waals surface area contributed by atoms with Crippen LogP contribution in [0.2, 0.25) is 0 Å². The number of alkyl halides is 1. The van der Waals surface area contributed by atoms with Gasteiger partial charge < -0.3 is 19.8 Å². The van der Waals surface area contributed by atoms with Crippen LogP contribution < -0.4 is 4.74 Å². The number of hydrogen-bond acceptors (Lipinski definition) is 8. The van der Waals surface area contributed by atoms with Crippen molar-refractivity contribution in [3.8, 4) is 23.0 Å². The van der Waals surface area contributed by atoms with Crippen molar-refractivity contribution in [2.45, 2.75) is 56.7 Å². The van der Waals surface area contributed by atoms with E-state index in [0.29, 0.717) is 59.8 Å². The van der Waals surface area contributed by atoms with E-state index in [9.17, 15) is 23.8 Å². The number of phenolic OH excluding ortho intramolecular Hbond substituents is 1. The van der Waals surface area contributed by atoms with Gasteiger partial charge in [0.25, 0.3) is 0 Å². The summed E-state index contributed by atoms with van der Waals surface area (Å²) in [5.41, 5.74) is 0.410. The van der Waals surface area contributed by atoms with Gasteiger partial charge in [0, 0.05) is 49.1 Å². The summed E-state index contributed by atoms with van der Waals surface area (Å²) in [4.78, 5) is 29.5. The third-order valence-corrected chi connectivity index (χ3v) is 9.75. The van der Waals surface area contributed by atoms with E-state index in [2.05, 4.69) is 14.9 Å². The highest BCUT2D eigenvalue weighted by atomic mass is 19.1. The Bertz CT molecular complexity index is 1820. The van der Waals surface area contributed by atoms with Crippen molar-refractivity contribution in [3.05, 3.63) is 53.4 Å². The Balaban J connectivity index is 1.36. The molecule has 0 radical (unpaired) electrons. The molecule has 5 heterocycles. The Hall–Kier alpha value is -4.03. The zero-order valence-corrected chi connectivity index (χ0v) is 24.9. The fraction of sp³-hybridized carbons (Fsp3) is 0.455. The summed E-state index contributed by atoms with van der Waals surface area (Å²) in [5.74, 6) is -2.06. The number of aliphatic hydroxyl groups excluding tert-OH is 1. The number of benzene rings is 2. The van der Waals surface area contributed by atoms with E-state index in [1.807, 2.05) is 0 Å². The van der Waals surface area contributed by atoms with E-state index in [1.54, 1.807) is 6.92 Å². The van der Waals surface area contributed by atoms with Gasteiger partial charge in [0.1, 0.15) is 42.2 Å². The molecule has 1 unspecified atom stereocenters. The van der Waals surface area contributed by atoms with Gasteiger partial charge in [0.2, 0.25) is 5.91 Å². The SMILES string of the molecule is CCc1c(F)ccc2cc(O)cc(-c3ncc4c(C5CCN(C(=O)CO)C5)nc(OC[C@@]56CCCN5C[C@H](F)C6)nc4c3F)c12. The zero-order chi connectivity index (χ0) is 31.5. The van der Waals surface area contributed by atoms with Crippen molar-refractivity contribution in [2.75, 3.05) is 39.4 Å². The summed E-state index contributed by atoms with van der Waals surface area (Å²) in [5, 5.41) is 21.2. The highest BCUT2D eigenvalue weighted by Gasteiger charge is 2.49. The molecule has 0 aliphatic carbocycles. The average molecular weight is 622 g/mol. The van der Waals surface area contributed by atoms with Crippen molar-refractivity contribution < 1.29 is 32.9 Å². The molecule has 2 aromatic heterocycles. The van der Waals surface area contributed by atoms with Gasteiger partial charge in [-0.1, -0.05) is 13.0 Å². The second-order valence-electron chi connectivity index (χ2n) is 12.4. The number of nitrogens with zero attached hydrogens (tertiary/aromatic N) is 5. The normalized spacial score (nSPS) is 23.4. The number of rotatable bonds is 7. The van der Waals surface area contributed by atoms with Gasteiger partial charge >= 0.3 is 6.01 Å². The molecular weight excluding hydrogens is 587 g/mol. The lowest BCUT2D eigenvalue weighted by Crippen LogP contribution is -2.43. The Morgan fingerprint density at radius 1 is 1.18 bits per heavy atom. The molecule has 0 spiro atoms. The molecule has 45 heavy (non-hydrogen) atoms. The van der Waals surface area contributed by atoms with Gasteiger partial charge in [-0.05, 0) is 66.8 Å². The lowest BCUT2D eigenvalue weighted by atomic mass is 9.94. The van der Waals surface area contributed by atoms with Crippen molar-refractivity contribution in [1.29, 1.82) is 0 Å². The molecule has 7 rings (SSSR count). The topological polar surface area (TPSA) is 112 Å². The second-order valence-corrected chi connectivity index (χ2v) is 12.4. The van der Waals surface area contributed by atoms with Gasteiger partial charge in [-0.15, -0.1) is 0 Å². The van der Waals surface area contributed by atoms with Crippen molar-refractivity contribution in [1.82, 2.24) is 24.8 Å². The van der Waals surface area contributed by atoms with Crippen LogP contribution in [0.1, 0.15) is 49.8 Å². The molecule has 236 valence electrons. The van der Waals surface area contributed by atoms with Crippen LogP contribution in [-0.4, -0.2) is 92.0 Å². The molecule has 12 heteroatoms. The number of aromatic hydroxyl groups is 1.